The maximum Gasteiger partial charge on any atom is 0.236 e. The maximum absolute atomic E-state index is 12.5. The molecule has 5 nitrogen and oxygen atoms in total. The highest BCUT2D eigenvalue weighted by molar-refractivity contribution is 5.78. The Bertz CT molecular complexity index is 713. The van der Waals surface area contributed by atoms with Gasteiger partial charge >= 0.3 is 0 Å². The monoisotopic (exact) mass is 355 g/mol. The highest BCUT2D eigenvalue weighted by Crippen LogP contribution is 2.15. The lowest BCUT2D eigenvalue weighted by molar-refractivity contribution is -0.131. The summed E-state index contributed by atoms with van der Waals surface area (Å²) in [6.07, 6.45) is 0. The van der Waals surface area contributed by atoms with E-state index in [1.54, 1.807) is 12.0 Å². The molecule has 0 aliphatic carbocycles. The van der Waals surface area contributed by atoms with Crippen molar-refractivity contribution in [2.45, 2.75) is 13.1 Å². The second kappa shape index (κ2) is 9.25. The Hall–Kier alpha value is -2.53. The first-order valence-corrected chi connectivity index (χ1v) is 8.70. The summed E-state index contributed by atoms with van der Waals surface area (Å²) in [5.74, 6) is 0.938. The van der Waals surface area contributed by atoms with Gasteiger partial charge in [-0.3, -0.25) is 9.69 Å². The van der Waals surface area contributed by atoms with Crippen LogP contribution in [0.2, 0.25) is 0 Å². The van der Waals surface area contributed by atoms with E-state index in [4.69, 9.17) is 4.74 Å². The van der Waals surface area contributed by atoms with Gasteiger partial charge in [0.05, 0.1) is 13.7 Å². The highest BCUT2D eigenvalue weighted by Gasteiger charge is 2.13. The fourth-order valence-corrected chi connectivity index (χ4v) is 2.75. The van der Waals surface area contributed by atoms with Crippen molar-refractivity contribution < 1.29 is 9.53 Å². The molecule has 0 radical (unpaired) electrons. The van der Waals surface area contributed by atoms with Crippen molar-refractivity contribution in [1.82, 2.24) is 9.80 Å². The van der Waals surface area contributed by atoms with Gasteiger partial charge in [0.2, 0.25) is 5.91 Å². The minimum absolute atomic E-state index is 0.104. The molecule has 140 valence electrons. The van der Waals surface area contributed by atoms with Crippen molar-refractivity contribution in [1.29, 1.82) is 0 Å². The molecule has 0 aliphatic heterocycles. The van der Waals surface area contributed by atoms with Crippen molar-refractivity contribution in [3.05, 3.63) is 59.7 Å². The van der Waals surface area contributed by atoms with Gasteiger partial charge in [-0.15, -0.1) is 0 Å². The van der Waals surface area contributed by atoms with Gasteiger partial charge in [-0.1, -0.05) is 24.3 Å². The van der Waals surface area contributed by atoms with Crippen molar-refractivity contribution >= 4 is 11.6 Å². The standard InChI is InChI=1S/C21H29N3O2/c1-22(2)19-11-9-17(10-12-19)15-24(4)21(25)16-23(3)14-18-7-6-8-20(13-18)26-5/h6-13H,14-16H2,1-5H3. The molecule has 0 spiro atoms. The second-order valence-electron chi connectivity index (χ2n) is 6.83. The molecular formula is C21H29N3O2. The smallest absolute Gasteiger partial charge is 0.236 e. The summed E-state index contributed by atoms with van der Waals surface area (Å²) in [6, 6.07) is 16.2. The van der Waals surface area contributed by atoms with Crippen molar-refractivity contribution in [3.63, 3.8) is 0 Å². The molecule has 0 fully saturated rings. The molecule has 26 heavy (non-hydrogen) atoms. The molecule has 2 rings (SSSR count). The zero-order chi connectivity index (χ0) is 19.1. The zero-order valence-corrected chi connectivity index (χ0v) is 16.4. The number of benzene rings is 2. The summed E-state index contributed by atoms with van der Waals surface area (Å²) in [5.41, 5.74) is 3.41. The number of nitrogens with zero attached hydrogens (tertiary/aromatic N) is 3. The van der Waals surface area contributed by atoms with Crippen LogP contribution in [0.3, 0.4) is 0 Å². The van der Waals surface area contributed by atoms with E-state index in [9.17, 15) is 4.79 Å². The molecule has 0 saturated heterocycles. The van der Waals surface area contributed by atoms with E-state index in [0.717, 1.165) is 22.6 Å². The van der Waals surface area contributed by atoms with Gasteiger partial charge in [-0.25, -0.2) is 0 Å². The Morgan fingerprint density at radius 3 is 2.23 bits per heavy atom. The molecule has 0 N–H and O–H groups in total. The Morgan fingerprint density at radius 1 is 0.923 bits per heavy atom. The predicted octanol–water partition coefficient (Wildman–Crippen LogP) is 2.85. The van der Waals surface area contributed by atoms with E-state index in [-0.39, 0.29) is 5.91 Å². The fraction of sp³-hybridized carbons (Fsp3) is 0.381. The highest BCUT2D eigenvalue weighted by atomic mass is 16.5. The van der Waals surface area contributed by atoms with E-state index < -0.39 is 0 Å². The second-order valence-corrected chi connectivity index (χ2v) is 6.83. The summed E-state index contributed by atoms with van der Waals surface area (Å²) in [6.45, 7) is 1.69. The number of hydrogen-bond donors (Lipinski definition) is 0. The number of anilines is 1. The number of likely N-dealkylation sites (N-methyl/N-ethyl adjacent to an activating group) is 2. The van der Waals surface area contributed by atoms with Crippen LogP contribution in [-0.2, 0) is 17.9 Å². The van der Waals surface area contributed by atoms with Crippen LogP contribution in [0.25, 0.3) is 0 Å². The largest absolute Gasteiger partial charge is 0.497 e. The van der Waals surface area contributed by atoms with Gasteiger partial charge in [-0.2, -0.15) is 0 Å². The molecule has 5 heteroatoms. The SMILES string of the molecule is COc1cccc(CN(C)CC(=O)N(C)Cc2ccc(N(C)C)cc2)c1. The van der Waals surface area contributed by atoms with Crippen LogP contribution >= 0.6 is 0 Å². The normalized spacial score (nSPS) is 10.7. The predicted molar refractivity (Wildman–Crippen MR) is 107 cm³/mol. The third-order valence-electron chi connectivity index (χ3n) is 4.29. The molecule has 0 heterocycles. The van der Waals surface area contributed by atoms with E-state index >= 15 is 0 Å². The number of ether oxygens (including phenoxy) is 1. The summed E-state index contributed by atoms with van der Waals surface area (Å²) in [5, 5.41) is 0. The minimum atomic E-state index is 0.104. The van der Waals surface area contributed by atoms with Crippen LogP contribution < -0.4 is 9.64 Å². The summed E-state index contributed by atoms with van der Waals surface area (Å²) in [7, 11) is 9.50. The van der Waals surface area contributed by atoms with Crippen LogP contribution in [0.1, 0.15) is 11.1 Å². The molecule has 0 atom stereocenters. The van der Waals surface area contributed by atoms with Gasteiger partial charge in [-0.05, 0) is 42.4 Å². The molecule has 2 aromatic carbocycles. The summed E-state index contributed by atoms with van der Waals surface area (Å²) in [4.78, 5) is 18.3. The maximum atomic E-state index is 12.5. The minimum Gasteiger partial charge on any atom is -0.497 e. The van der Waals surface area contributed by atoms with Gasteiger partial charge in [0.1, 0.15) is 5.75 Å². The topological polar surface area (TPSA) is 36.0 Å². The number of hydrogen-bond acceptors (Lipinski definition) is 4. The van der Waals surface area contributed by atoms with Crippen LogP contribution in [0, 0.1) is 0 Å². The quantitative estimate of drug-likeness (QED) is 0.730. The molecule has 1 amide bonds. The molecule has 0 aromatic heterocycles. The number of methoxy groups -OCH3 is 1. The van der Waals surface area contributed by atoms with Crippen LogP contribution in [0.4, 0.5) is 5.69 Å². The van der Waals surface area contributed by atoms with E-state index in [1.165, 1.54) is 0 Å². The fourth-order valence-electron chi connectivity index (χ4n) is 2.75. The van der Waals surface area contributed by atoms with Gasteiger partial charge in [0.25, 0.3) is 0 Å². The number of rotatable bonds is 8. The van der Waals surface area contributed by atoms with E-state index in [0.29, 0.717) is 19.6 Å². The molecule has 0 unspecified atom stereocenters. The van der Waals surface area contributed by atoms with Gasteiger partial charge in [0, 0.05) is 39.9 Å². The van der Waals surface area contributed by atoms with Crippen LogP contribution in [-0.4, -0.2) is 57.6 Å². The Labute approximate surface area is 156 Å². The Balaban J connectivity index is 1.87. The lowest BCUT2D eigenvalue weighted by atomic mass is 10.2. The molecular weight excluding hydrogens is 326 g/mol. The number of carbonyl (C=O) groups excluding carboxylic acids is 1. The third kappa shape index (κ3) is 5.77. The summed E-state index contributed by atoms with van der Waals surface area (Å²) < 4.78 is 5.25. The average molecular weight is 355 g/mol. The summed E-state index contributed by atoms with van der Waals surface area (Å²) >= 11 is 0. The molecule has 0 saturated carbocycles. The van der Waals surface area contributed by atoms with Gasteiger partial charge < -0.3 is 14.5 Å². The molecule has 2 aromatic rings. The molecule has 0 bridgehead atoms. The van der Waals surface area contributed by atoms with Crippen molar-refractivity contribution in [2.24, 2.45) is 0 Å². The third-order valence-corrected chi connectivity index (χ3v) is 4.29. The van der Waals surface area contributed by atoms with Crippen LogP contribution in [0.5, 0.6) is 5.75 Å². The Kier molecular flexibility index (Phi) is 7.04. The average Bonchev–Trinajstić information content (AvgIpc) is 2.62. The first kappa shape index (κ1) is 19.8. The number of carbonyl (C=O) groups is 1. The van der Waals surface area contributed by atoms with Crippen LogP contribution in [0.15, 0.2) is 48.5 Å². The Morgan fingerprint density at radius 2 is 1.62 bits per heavy atom. The van der Waals surface area contributed by atoms with E-state index in [1.807, 2.05) is 57.4 Å². The first-order chi connectivity index (χ1) is 12.4. The lowest BCUT2D eigenvalue weighted by Crippen LogP contribution is -2.36. The zero-order valence-electron chi connectivity index (χ0n) is 16.4. The van der Waals surface area contributed by atoms with Crippen molar-refractivity contribution in [2.75, 3.05) is 46.7 Å². The van der Waals surface area contributed by atoms with Gasteiger partial charge in [0.15, 0.2) is 0 Å². The molecule has 0 aliphatic rings. The lowest BCUT2D eigenvalue weighted by Gasteiger charge is -2.22. The number of amides is 1. The van der Waals surface area contributed by atoms with Crippen molar-refractivity contribution in [3.8, 4) is 5.75 Å². The first-order valence-electron chi connectivity index (χ1n) is 8.70. The van der Waals surface area contributed by atoms with E-state index in [2.05, 4.69) is 29.2 Å².